The average Bonchev–Trinajstić information content (AvgIpc) is 2.95. The molecule has 0 spiro atoms. The van der Waals surface area contributed by atoms with Crippen LogP contribution in [0.3, 0.4) is 0 Å². The Morgan fingerprint density at radius 1 is 0.875 bits per heavy atom. The van der Waals surface area contributed by atoms with E-state index in [-0.39, 0.29) is 44.0 Å². The van der Waals surface area contributed by atoms with Crippen LogP contribution in [0.1, 0.15) is 24.0 Å². The van der Waals surface area contributed by atoms with Crippen molar-refractivity contribution >= 4 is 11.9 Å². The first-order valence-electron chi connectivity index (χ1n) is 12.6. The van der Waals surface area contributed by atoms with Gasteiger partial charge in [-0.15, -0.1) is 0 Å². The summed E-state index contributed by atoms with van der Waals surface area (Å²) in [5.41, 5.74) is 3.36. The van der Waals surface area contributed by atoms with Gasteiger partial charge in [0, 0.05) is 0 Å². The predicted octanol–water partition coefficient (Wildman–Crippen LogP) is 4.71. The molecule has 0 fully saturated rings. The number of aliphatic hydroxyl groups excluding tert-OH is 2. The molecule has 0 atom stereocenters. The van der Waals surface area contributed by atoms with Gasteiger partial charge in [0.25, 0.3) is 6.08 Å². The van der Waals surface area contributed by atoms with Crippen molar-refractivity contribution in [3.8, 4) is 22.6 Å². The third-order valence-corrected chi connectivity index (χ3v) is 5.65. The second-order valence-electron chi connectivity index (χ2n) is 8.67. The van der Waals surface area contributed by atoms with Gasteiger partial charge in [-0.05, 0) is 78.8 Å². The van der Waals surface area contributed by atoms with Gasteiger partial charge >= 0.3 is 11.9 Å². The van der Waals surface area contributed by atoms with Crippen LogP contribution < -0.4 is 9.47 Å². The number of allylic oxidation sites excluding steroid dienone is 1. The van der Waals surface area contributed by atoms with E-state index in [1.165, 1.54) is 0 Å². The summed E-state index contributed by atoms with van der Waals surface area (Å²) in [7, 11) is 0. The molecule has 40 heavy (non-hydrogen) atoms. The molecule has 0 unspecified atom stereocenters. The summed E-state index contributed by atoms with van der Waals surface area (Å²) in [6, 6.07) is 10.9. The molecule has 0 saturated heterocycles. The molecule has 0 aliphatic heterocycles. The number of benzene rings is 2. The number of carbonyl (C=O) groups excluding carboxylic acids is 2. The largest absolute Gasteiger partial charge is 0.490 e. The van der Waals surface area contributed by atoms with Gasteiger partial charge in [-0.2, -0.15) is 8.78 Å². The highest BCUT2D eigenvalue weighted by Gasteiger charge is 2.13. The van der Waals surface area contributed by atoms with E-state index in [2.05, 4.69) is 13.2 Å². The minimum Gasteiger partial charge on any atom is -0.490 e. The molecule has 2 aromatic rings. The van der Waals surface area contributed by atoms with Gasteiger partial charge in [-0.1, -0.05) is 25.3 Å². The van der Waals surface area contributed by atoms with E-state index < -0.39 is 31.2 Å². The van der Waals surface area contributed by atoms with Crippen LogP contribution in [0.2, 0.25) is 0 Å². The predicted molar refractivity (Wildman–Crippen MR) is 145 cm³/mol. The number of aryl methyl sites for hydroxylation is 1. The Kier molecular flexibility index (Phi) is 13.5. The highest BCUT2D eigenvalue weighted by atomic mass is 19.3. The van der Waals surface area contributed by atoms with E-state index in [1.807, 2.05) is 25.1 Å². The highest BCUT2D eigenvalue weighted by molar-refractivity contribution is 5.88. The van der Waals surface area contributed by atoms with Crippen LogP contribution in [0.25, 0.3) is 11.1 Å². The Labute approximate surface area is 232 Å². The van der Waals surface area contributed by atoms with E-state index in [4.69, 9.17) is 29.2 Å². The topological polar surface area (TPSA) is 112 Å². The summed E-state index contributed by atoms with van der Waals surface area (Å²) in [4.78, 5) is 23.3. The van der Waals surface area contributed by atoms with Gasteiger partial charge in [0.2, 0.25) is 0 Å². The standard InChI is InChI=1S/C30H34F2O8/c1-20-15-25(38-12-14-40-30(36)22(3)19-34)17-27(26(20)9-4-5-10-28(31)32)23-7-6-8-24(16-23)37-11-13-39-29(35)21(2)18-33/h6-8,10,15-17,33-34H,2-5,9,11-14,18-19H2,1H3. The van der Waals surface area contributed by atoms with Gasteiger partial charge in [0.1, 0.15) is 37.9 Å². The Bertz CT molecular complexity index is 1220. The molecule has 2 N–H and O–H groups in total. The van der Waals surface area contributed by atoms with Gasteiger partial charge in [-0.3, -0.25) is 0 Å². The van der Waals surface area contributed by atoms with E-state index in [0.29, 0.717) is 24.3 Å². The molecule has 0 aliphatic carbocycles. The number of rotatable bonds is 17. The highest BCUT2D eigenvalue weighted by Crippen LogP contribution is 2.34. The number of hydrogen-bond acceptors (Lipinski definition) is 8. The van der Waals surface area contributed by atoms with Crippen LogP contribution in [0, 0.1) is 6.92 Å². The van der Waals surface area contributed by atoms with Crippen LogP contribution in [0.15, 0.2) is 72.9 Å². The molecule has 0 aromatic heterocycles. The monoisotopic (exact) mass is 560 g/mol. The second-order valence-corrected chi connectivity index (χ2v) is 8.67. The normalized spacial score (nSPS) is 10.4. The molecule has 0 bridgehead atoms. The maximum Gasteiger partial charge on any atom is 0.335 e. The average molecular weight is 561 g/mol. The molecule has 0 heterocycles. The quantitative estimate of drug-likeness (QED) is 0.163. The smallest absolute Gasteiger partial charge is 0.335 e. The molecule has 216 valence electrons. The van der Waals surface area contributed by atoms with Gasteiger partial charge in [0.05, 0.1) is 24.4 Å². The van der Waals surface area contributed by atoms with Crippen molar-refractivity contribution < 1.29 is 47.5 Å². The first-order chi connectivity index (χ1) is 19.2. The third kappa shape index (κ3) is 10.6. The van der Waals surface area contributed by atoms with E-state index in [0.717, 1.165) is 28.3 Å². The maximum absolute atomic E-state index is 12.5. The van der Waals surface area contributed by atoms with Crippen molar-refractivity contribution in [1.29, 1.82) is 0 Å². The lowest BCUT2D eigenvalue weighted by Crippen LogP contribution is -2.15. The number of halogens is 2. The van der Waals surface area contributed by atoms with Gasteiger partial charge < -0.3 is 29.2 Å². The molecule has 0 amide bonds. The van der Waals surface area contributed by atoms with Gasteiger partial charge in [-0.25, -0.2) is 9.59 Å². The van der Waals surface area contributed by atoms with Crippen molar-refractivity contribution in [2.45, 2.75) is 26.2 Å². The molecule has 0 radical (unpaired) electrons. The lowest BCUT2D eigenvalue weighted by molar-refractivity contribution is -0.141. The van der Waals surface area contributed by atoms with E-state index >= 15 is 0 Å². The first kappa shape index (κ1) is 32.2. The fraction of sp³-hybridized carbons (Fsp3) is 0.333. The molecule has 0 saturated carbocycles. The molecular formula is C30H34F2O8. The number of hydrogen-bond donors (Lipinski definition) is 2. The number of esters is 2. The van der Waals surface area contributed by atoms with Crippen LogP contribution >= 0.6 is 0 Å². The zero-order valence-corrected chi connectivity index (χ0v) is 22.4. The molecule has 2 aromatic carbocycles. The number of carbonyl (C=O) groups is 2. The van der Waals surface area contributed by atoms with Crippen molar-refractivity contribution in [3.05, 3.63) is 84.0 Å². The summed E-state index contributed by atoms with van der Waals surface area (Å²) in [5, 5.41) is 17.9. The minimum atomic E-state index is -1.71. The first-order valence-corrected chi connectivity index (χ1v) is 12.6. The lowest BCUT2D eigenvalue weighted by Gasteiger charge is -2.17. The van der Waals surface area contributed by atoms with Gasteiger partial charge in [0.15, 0.2) is 0 Å². The number of aliphatic hydroxyl groups is 2. The zero-order chi connectivity index (χ0) is 29.5. The molecule has 2 rings (SSSR count). The lowest BCUT2D eigenvalue weighted by atomic mass is 9.92. The van der Waals surface area contributed by atoms with Crippen LogP contribution in [0.4, 0.5) is 8.78 Å². The Morgan fingerprint density at radius 2 is 1.48 bits per heavy atom. The van der Waals surface area contributed by atoms with Crippen molar-refractivity contribution in [1.82, 2.24) is 0 Å². The van der Waals surface area contributed by atoms with Crippen LogP contribution in [0.5, 0.6) is 11.5 Å². The Balaban J connectivity index is 2.19. The van der Waals surface area contributed by atoms with Crippen molar-refractivity contribution in [3.63, 3.8) is 0 Å². The number of unbranched alkanes of at least 4 members (excludes halogenated alkanes) is 1. The molecular weight excluding hydrogens is 526 g/mol. The molecule has 0 aliphatic rings. The van der Waals surface area contributed by atoms with Crippen molar-refractivity contribution in [2.24, 2.45) is 0 Å². The third-order valence-electron chi connectivity index (χ3n) is 5.65. The Morgan fingerprint density at radius 3 is 2.05 bits per heavy atom. The SMILES string of the molecule is C=C(CO)C(=O)OCCOc1cccc(-c2cc(OCCOC(=O)C(=C)CO)cc(C)c2CCCC=C(F)F)c1. The summed E-state index contributed by atoms with van der Waals surface area (Å²) in [6.07, 6.45) is 0.476. The molecule has 10 heteroatoms. The minimum absolute atomic E-state index is 0.0371. The molecule has 8 nitrogen and oxygen atoms in total. The summed E-state index contributed by atoms with van der Waals surface area (Å²) >= 11 is 0. The summed E-state index contributed by atoms with van der Waals surface area (Å²) in [6.45, 7) is 7.78. The second kappa shape index (κ2) is 16.8. The fourth-order valence-electron chi connectivity index (χ4n) is 3.62. The van der Waals surface area contributed by atoms with E-state index in [9.17, 15) is 18.4 Å². The van der Waals surface area contributed by atoms with Crippen molar-refractivity contribution in [2.75, 3.05) is 39.6 Å². The zero-order valence-electron chi connectivity index (χ0n) is 22.4. The van der Waals surface area contributed by atoms with Crippen LogP contribution in [-0.2, 0) is 25.5 Å². The fourth-order valence-corrected chi connectivity index (χ4v) is 3.62. The van der Waals surface area contributed by atoms with Crippen LogP contribution in [-0.4, -0.2) is 61.8 Å². The summed E-state index contributed by atoms with van der Waals surface area (Å²) in [5.74, 6) is -0.373. The number of ether oxygens (including phenoxy) is 4. The Hall–Kier alpha value is -4.02. The maximum atomic E-state index is 12.5. The summed E-state index contributed by atoms with van der Waals surface area (Å²) < 4.78 is 46.5. The van der Waals surface area contributed by atoms with E-state index in [1.54, 1.807) is 18.2 Å².